The number of nitrogens with zero attached hydrogens (tertiary/aromatic N) is 6. The molecule has 1 N–H and O–H groups in total. The number of hydrogen-bond acceptors (Lipinski definition) is 7. The van der Waals surface area contributed by atoms with Gasteiger partial charge in [-0.3, -0.25) is 9.51 Å². The molecule has 160 valence electrons. The predicted molar refractivity (Wildman–Crippen MR) is 118 cm³/mol. The number of benzene rings is 1. The highest BCUT2D eigenvalue weighted by Crippen LogP contribution is 2.31. The highest BCUT2D eigenvalue weighted by Gasteiger charge is 2.19. The Labute approximate surface area is 183 Å². The van der Waals surface area contributed by atoms with Gasteiger partial charge in [-0.15, -0.1) is 0 Å². The van der Waals surface area contributed by atoms with Crippen LogP contribution in [-0.2, 0) is 0 Å². The van der Waals surface area contributed by atoms with Gasteiger partial charge >= 0.3 is 5.76 Å². The molecule has 1 saturated carbocycles. The molecule has 32 heavy (non-hydrogen) atoms. The lowest BCUT2D eigenvalue weighted by atomic mass is 9.83. The molecule has 3 heterocycles. The molecule has 1 aliphatic carbocycles. The second-order valence-corrected chi connectivity index (χ2v) is 8.22. The van der Waals surface area contributed by atoms with Gasteiger partial charge in [-0.05, 0) is 36.8 Å². The maximum absolute atomic E-state index is 11.4. The average molecular weight is 427 g/mol. The van der Waals surface area contributed by atoms with E-state index < -0.39 is 5.76 Å². The summed E-state index contributed by atoms with van der Waals surface area (Å²) in [4.78, 5) is 27.5. The molecule has 0 amide bonds. The SMILES string of the molecule is CC1CCC(C=Cn2cnc3nc(-c4noc(=O)[nH]4)nc(-c4cccc(C#N)c4)c32)CC1. The number of imidazole rings is 1. The minimum Gasteiger partial charge on any atom is -0.303 e. The van der Waals surface area contributed by atoms with Gasteiger partial charge in [0.2, 0.25) is 11.6 Å². The summed E-state index contributed by atoms with van der Waals surface area (Å²) in [5.74, 6) is 0.955. The zero-order chi connectivity index (χ0) is 22.1. The molecule has 1 aliphatic rings. The molecule has 0 bridgehead atoms. The average Bonchev–Trinajstić information content (AvgIpc) is 3.44. The quantitative estimate of drug-likeness (QED) is 0.521. The fourth-order valence-corrected chi connectivity index (χ4v) is 4.12. The van der Waals surface area contributed by atoms with E-state index in [1.165, 1.54) is 25.7 Å². The Morgan fingerprint density at radius 2 is 2.09 bits per heavy atom. The van der Waals surface area contributed by atoms with Crippen molar-refractivity contribution in [3.05, 3.63) is 52.8 Å². The van der Waals surface area contributed by atoms with Crippen molar-refractivity contribution >= 4 is 17.4 Å². The first kappa shape index (κ1) is 19.9. The first-order chi connectivity index (χ1) is 15.6. The van der Waals surface area contributed by atoms with Gasteiger partial charge in [0.15, 0.2) is 5.65 Å². The van der Waals surface area contributed by atoms with Gasteiger partial charge in [-0.1, -0.05) is 43.1 Å². The van der Waals surface area contributed by atoms with E-state index in [0.717, 1.165) is 17.0 Å². The number of fused-ring (bicyclic) bond motifs is 1. The highest BCUT2D eigenvalue weighted by atomic mass is 16.5. The summed E-state index contributed by atoms with van der Waals surface area (Å²) < 4.78 is 6.52. The Balaban J connectivity index is 1.63. The zero-order valence-corrected chi connectivity index (χ0v) is 17.5. The van der Waals surface area contributed by atoms with Crippen molar-refractivity contribution in [2.45, 2.75) is 32.6 Å². The molecular formula is C23H21N7O2. The number of aromatic nitrogens is 6. The van der Waals surface area contributed by atoms with Gasteiger partial charge in [-0.25, -0.2) is 19.7 Å². The lowest BCUT2D eigenvalue weighted by Gasteiger charge is -2.23. The number of allylic oxidation sites excluding steroid dienone is 1. The molecule has 0 atom stereocenters. The summed E-state index contributed by atoms with van der Waals surface area (Å²) >= 11 is 0. The Morgan fingerprint density at radius 3 is 2.84 bits per heavy atom. The minimum absolute atomic E-state index is 0.121. The molecule has 3 aromatic heterocycles. The summed E-state index contributed by atoms with van der Waals surface area (Å²) in [6, 6.07) is 9.34. The molecule has 9 heteroatoms. The van der Waals surface area contributed by atoms with Crippen LogP contribution >= 0.6 is 0 Å². The topological polar surface area (TPSA) is 126 Å². The first-order valence-electron chi connectivity index (χ1n) is 10.6. The van der Waals surface area contributed by atoms with Crippen LogP contribution in [0.1, 0.15) is 38.2 Å². The normalized spacial score (nSPS) is 18.9. The van der Waals surface area contributed by atoms with E-state index in [0.29, 0.717) is 22.8 Å². The number of hydrogen-bond donors (Lipinski definition) is 1. The Morgan fingerprint density at radius 1 is 1.25 bits per heavy atom. The molecule has 0 aliphatic heterocycles. The van der Waals surface area contributed by atoms with Crippen LogP contribution in [0.25, 0.3) is 40.3 Å². The maximum Gasteiger partial charge on any atom is 0.439 e. The highest BCUT2D eigenvalue weighted by molar-refractivity contribution is 5.90. The van der Waals surface area contributed by atoms with Gasteiger partial charge in [0, 0.05) is 11.8 Å². The first-order valence-corrected chi connectivity index (χ1v) is 10.6. The van der Waals surface area contributed by atoms with E-state index in [1.807, 2.05) is 16.8 Å². The third kappa shape index (κ3) is 3.83. The summed E-state index contributed by atoms with van der Waals surface area (Å²) in [5.41, 5.74) is 3.02. The largest absolute Gasteiger partial charge is 0.439 e. The van der Waals surface area contributed by atoms with Gasteiger partial charge in [0.1, 0.15) is 17.5 Å². The van der Waals surface area contributed by atoms with Crippen LogP contribution in [0.2, 0.25) is 0 Å². The van der Waals surface area contributed by atoms with E-state index >= 15 is 0 Å². The van der Waals surface area contributed by atoms with Gasteiger partial charge in [0.25, 0.3) is 0 Å². The molecule has 0 unspecified atom stereocenters. The summed E-state index contributed by atoms with van der Waals surface area (Å²) in [6.45, 7) is 2.31. The van der Waals surface area contributed by atoms with Crippen LogP contribution < -0.4 is 5.76 Å². The number of H-pyrrole nitrogens is 1. The molecule has 9 nitrogen and oxygen atoms in total. The molecule has 1 fully saturated rings. The lowest BCUT2D eigenvalue weighted by Crippen LogP contribution is -2.10. The molecule has 5 rings (SSSR count). The second kappa shape index (κ2) is 8.23. The van der Waals surface area contributed by atoms with Crippen molar-refractivity contribution in [1.29, 1.82) is 5.26 Å². The Bertz CT molecular complexity index is 1400. The van der Waals surface area contributed by atoms with Crippen LogP contribution in [-0.4, -0.2) is 29.7 Å². The molecule has 0 spiro atoms. The molecule has 0 saturated heterocycles. The third-order valence-electron chi connectivity index (χ3n) is 5.92. The molecule has 1 aromatic carbocycles. The zero-order valence-electron chi connectivity index (χ0n) is 17.5. The standard InChI is InChI=1S/C23H21N7O2/c1-14-5-7-15(8-6-14)9-10-30-13-25-20-19(30)18(17-4-2-3-16(11-17)12-24)26-21(27-20)22-28-23(31)32-29-22/h2-4,9-11,13-15H,5-8H2,1H3,(H,28,29,31). The van der Waals surface area contributed by atoms with E-state index in [-0.39, 0.29) is 11.6 Å². The monoisotopic (exact) mass is 427 g/mol. The molecule has 4 aromatic rings. The van der Waals surface area contributed by atoms with Gasteiger partial charge < -0.3 is 4.57 Å². The fourth-order valence-electron chi connectivity index (χ4n) is 4.12. The number of rotatable bonds is 4. The van der Waals surface area contributed by atoms with Crippen molar-refractivity contribution in [2.24, 2.45) is 11.8 Å². The van der Waals surface area contributed by atoms with Crippen molar-refractivity contribution in [1.82, 2.24) is 29.7 Å². The summed E-state index contributed by atoms with van der Waals surface area (Å²) in [5, 5.41) is 13.0. The Hall–Kier alpha value is -4.06. The number of nitriles is 1. The van der Waals surface area contributed by atoms with Crippen LogP contribution in [0.4, 0.5) is 0 Å². The maximum atomic E-state index is 11.4. The lowest BCUT2D eigenvalue weighted by molar-refractivity contribution is 0.331. The number of nitrogens with one attached hydrogen (secondary N) is 1. The Kier molecular flexibility index (Phi) is 5.11. The van der Waals surface area contributed by atoms with E-state index in [2.05, 4.69) is 48.7 Å². The molecular weight excluding hydrogens is 406 g/mol. The van der Waals surface area contributed by atoms with Crippen LogP contribution in [0, 0.1) is 23.2 Å². The summed E-state index contributed by atoms with van der Waals surface area (Å²) in [6.07, 6.45) is 10.8. The van der Waals surface area contributed by atoms with Crippen molar-refractivity contribution in [3.63, 3.8) is 0 Å². The van der Waals surface area contributed by atoms with E-state index in [1.54, 1.807) is 24.5 Å². The third-order valence-corrected chi connectivity index (χ3v) is 5.92. The van der Waals surface area contributed by atoms with E-state index in [9.17, 15) is 10.1 Å². The van der Waals surface area contributed by atoms with E-state index in [4.69, 9.17) is 0 Å². The smallest absolute Gasteiger partial charge is 0.303 e. The number of aromatic amines is 1. The minimum atomic E-state index is -0.688. The van der Waals surface area contributed by atoms with Crippen LogP contribution in [0.5, 0.6) is 0 Å². The van der Waals surface area contributed by atoms with Crippen molar-refractivity contribution in [3.8, 4) is 29.0 Å². The predicted octanol–water partition coefficient (Wildman–Crippen LogP) is 4.01. The van der Waals surface area contributed by atoms with Crippen molar-refractivity contribution < 1.29 is 4.52 Å². The van der Waals surface area contributed by atoms with Crippen LogP contribution in [0.15, 0.2) is 46.0 Å². The van der Waals surface area contributed by atoms with Gasteiger partial charge in [-0.2, -0.15) is 5.26 Å². The molecule has 0 radical (unpaired) electrons. The van der Waals surface area contributed by atoms with Gasteiger partial charge in [0.05, 0.1) is 11.6 Å². The second-order valence-electron chi connectivity index (χ2n) is 8.22. The van der Waals surface area contributed by atoms with Crippen LogP contribution in [0.3, 0.4) is 0 Å². The fraction of sp³-hybridized carbons (Fsp3) is 0.304. The summed E-state index contributed by atoms with van der Waals surface area (Å²) in [7, 11) is 0. The van der Waals surface area contributed by atoms with Crippen molar-refractivity contribution in [2.75, 3.05) is 0 Å².